The van der Waals surface area contributed by atoms with Gasteiger partial charge >= 0.3 is 6.09 Å². The molecule has 4 heteroatoms. The van der Waals surface area contributed by atoms with Gasteiger partial charge in [-0.2, -0.15) is 0 Å². The number of rotatable bonds is 2. The lowest BCUT2D eigenvalue weighted by Crippen LogP contribution is -2.38. The Hall–Kier alpha value is -0.770. The third kappa shape index (κ3) is 2.70. The van der Waals surface area contributed by atoms with Crippen molar-refractivity contribution in [1.82, 2.24) is 5.32 Å². The Kier molecular flexibility index (Phi) is 3.34. The van der Waals surface area contributed by atoms with Gasteiger partial charge < -0.3 is 15.2 Å². The topological polar surface area (TPSA) is 58.6 Å². The highest BCUT2D eigenvalue weighted by Gasteiger charge is 2.21. The van der Waals surface area contributed by atoms with Crippen molar-refractivity contribution in [3.63, 3.8) is 0 Å². The highest BCUT2D eigenvalue weighted by molar-refractivity contribution is 5.64. The summed E-state index contributed by atoms with van der Waals surface area (Å²) in [5.41, 5.74) is 0. The van der Waals surface area contributed by atoms with Crippen LogP contribution in [0.3, 0.4) is 0 Å². The number of ether oxygens (including phenoxy) is 1. The molecule has 0 aromatic carbocycles. The highest BCUT2D eigenvalue weighted by Crippen LogP contribution is 2.20. The van der Waals surface area contributed by atoms with Crippen molar-refractivity contribution < 1.29 is 14.6 Å². The van der Waals surface area contributed by atoms with Crippen molar-refractivity contribution in [1.29, 1.82) is 0 Å². The maximum atomic E-state index is 10.3. The van der Waals surface area contributed by atoms with E-state index >= 15 is 0 Å². The molecule has 1 saturated carbocycles. The van der Waals surface area contributed by atoms with Crippen molar-refractivity contribution >= 4 is 6.09 Å². The molecular formula is C8H15NO3. The highest BCUT2D eigenvalue weighted by atomic mass is 16.5. The summed E-state index contributed by atoms with van der Waals surface area (Å²) in [7, 11) is 1.70. The van der Waals surface area contributed by atoms with E-state index in [-0.39, 0.29) is 6.04 Å². The molecule has 1 rings (SSSR count). The fourth-order valence-corrected chi connectivity index (χ4v) is 1.62. The van der Waals surface area contributed by atoms with E-state index in [1.165, 1.54) is 0 Å². The minimum absolute atomic E-state index is 0.133. The first-order valence-corrected chi connectivity index (χ1v) is 4.24. The molecule has 0 heterocycles. The second-order valence-corrected chi connectivity index (χ2v) is 3.16. The Morgan fingerprint density at radius 1 is 1.42 bits per heavy atom. The van der Waals surface area contributed by atoms with Crippen LogP contribution in [-0.4, -0.2) is 30.5 Å². The number of hydrogen-bond donors (Lipinski definition) is 2. The van der Waals surface area contributed by atoms with Crippen LogP contribution in [0.1, 0.15) is 25.7 Å². The van der Waals surface area contributed by atoms with E-state index in [2.05, 4.69) is 5.32 Å². The predicted molar refractivity (Wildman–Crippen MR) is 44.2 cm³/mol. The lowest BCUT2D eigenvalue weighted by Gasteiger charge is -2.27. The van der Waals surface area contributed by atoms with Crippen LogP contribution in [-0.2, 0) is 4.74 Å². The normalized spacial score (nSPS) is 29.8. The first-order chi connectivity index (χ1) is 5.72. The third-order valence-electron chi connectivity index (χ3n) is 2.34. The molecule has 1 fully saturated rings. The summed E-state index contributed by atoms with van der Waals surface area (Å²) in [4.78, 5) is 10.3. The minimum atomic E-state index is -0.920. The first kappa shape index (κ1) is 9.32. The Morgan fingerprint density at radius 3 is 2.42 bits per heavy atom. The van der Waals surface area contributed by atoms with Crippen LogP contribution in [0.25, 0.3) is 0 Å². The van der Waals surface area contributed by atoms with E-state index in [0.717, 1.165) is 25.7 Å². The Labute approximate surface area is 71.9 Å². The fraction of sp³-hybridized carbons (Fsp3) is 0.875. The molecule has 0 aliphatic heterocycles. The standard InChI is InChI=1S/C8H15NO3/c1-12-7-4-2-6(3-5-7)9-8(10)11/h6-7,9H,2-5H2,1H3,(H,10,11)/t6-,7-. The smallest absolute Gasteiger partial charge is 0.404 e. The fourth-order valence-electron chi connectivity index (χ4n) is 1.62. The van der Waals surface area contributed by atoms with Crippen LogP contribution in [0, 0.1) is 0 Å². The average Bonchev–Trinajstić information content (AvgIpc) is 2.05. The van der Waals surface area contributed by atoms with E-state index in [0.29, 0.717) is 6.10 Å². The lowest BCUT2D eigenvalue weighted by atomic mass is 9.93. The molecule has 12 heavy (non-hydrogen) atoms. The molecule has 0 spiro atoms. The Morgan fingerprint density at radius 2 is 2.00 bits per heavy atom. The largest absolute Gasteiger partial charge is 0.465 e. The molecule has 0 bridgehead atoms. The summed E-state index contributed by atoms with van der Waals surface area (Å²) >= 11 is 0. The van der Waals surface area contributed by atoms with Gasteiger partial charge in [0.05, 0.1) is 6.10 Å². The van der Waals surface area contributed by atoms with E-state index in [1.807, 2.05) is 0 Å². The van der Waals surface area contributed by atoms with Crippen LogP contribution in [0.5, 0.6) is 0 Å². The van der Waals surface area contributed by atoms with Gasteiger partial charge in [0.15, 0.2) is 0 Å². The van der Waals surface area contributed by atoms with Gasteiger partial charge in [-0.15, -0.1) is 0 Å². The molecule has 1 amide bonds. The molecular weight excluding hydrogens is 158 g/mol. The van der Waals surface area contributed by atoms with E-state index in [1.54, 1.807) is 7.11 Å². The number of hydrogen-bond acceptors (Lipinski definition) is 2. The van der Waals surface area contributed by atoms with E-state index in [9.17, 15) is 4.79 Å². The zero-order chi connectivity index (χ0) is 8.97. The molecule has 0 saturated heterocycles. The number of amides is 1. The van der Waals surface area contributed by atoms with Gasteiger partial charge in [0.2, 0.25) is 0 Å². The quantitative estimate of drug-likeness (QED) is 0.660. The maximum absolute atomic E-state index is 10.3. The summed E-state index contributed by atoms with van der Waals surface area (Å²) in [6, 6.07) is 0.133. The van der Waals surface area contributed by atoms with Crippen LogP contribution in [0.2, 0.25) is 0 Å². The van der Waals surface area contributed by atoms with Gasteiger partial charge in [0.1, 0.15) is 0 Å². The van der Waals surface area contributed by atoms with Crippen molar-refractivity contribution in [2.75, 3.05) is 7.11 Å². The average molecular weight is 173 g/mol. The zero-order valence-corrected chi connectivity index (χ0v) is 7.25. The minimum Gasteiger partial charge on any atom is -0.465 e. The van der Waals surface area contributed by atoms with Crippen LogP contribution in [0.15, 0.2) is 0 Å². The van der Waals surface area contributed by atoms with Crippen LogP contribution < -0.4 is 5.32 Å². The molecule has 0 atom stereocenters. The number of methoxy groups -OCH3 is 1. The zero-order valence-electron chi connectivity index (χ0n) is 7.25. The molecule has 0 aromatic rings. The molecule has 0 radical (unpaired) electrons. The molecule has 1 aliphatic rings. The van der Waals surface area contributed by atoms with Crippen molar-refractivity contribution in [3.05, 3.63) is 0 Å². The van der Waals surface area contributed by atoms with Gasteiger partial charge in [-0.3, -0.25) is 0 Å². The van der Waals surface area contributed by atoms with Crippen molar-refractivity contribution in [2.24, 2.45) is 0 Å². The Bertz CT molecular complexity index is 152. The second kappa shape index (κ2) is 4.30. The summed E-state index contributed by atoms with van der Waals surface area (Å²) in [6.45, 7) is 0. The molecule has 0 unspecified atom stereocenters. The Balaban J connectivity index is 2.21. The van der Waals surface area contributed by atoms with Gasteiger partial charge in [0.25, 0.3) is 0 Å². The number of carbonyl (C=O) groups is 1. The maximum Gasteiger partial charge on any atom is 0.404 e. The molecule has 4 nitrogen and oxygen atoms in total. The SMILES string of the molecule is CO[C@H]1CC[C@H](NC(=O)O)CC1. The van der Waals surface area contributed by atoms with Crippen molar-refractivity contribution in [3.8, 4) is 0 Å². The molecule has 1 aliphatic carbocycles. The van der Waals surface area contributed by atoms with Gasteiger partial charge in [-0.1, -0.05) is 0 Å². The lowest BCUT2D eigenvalue weighted by molar-refractivity contribution is 0.0623. The van der Waals surface area contributed by atoms with Gasteiger partial charge in [-0.25, -0.2) is 4.79 Å². The third-order valence-corrected chi connectivity index (χ3v) is 2.34. The monoisotopic (exact) mass is 173 g/mol. The second-order valence-electron chi connectivity index (χ2n) is 3.16. The van der Waals surface area contributed by atoms with E-state index < -0.39 is 6.09 Å². The van der Waals surface area contributed by atoms with Gasteiger partial charge in [-0.05, 0) is 25.7 Å². The van der Waals surface area contributed by atoms with Crippen LogP contribution >= 0.6 is 0 Å². The number of carboxylic acid groups (broad SMARTS) is 1. The molecule has 70 valence electrons. The summed E-state index contributed by atoms with van der Waals surface area (Å²) in [5, 5.41) is 10.9. The molecule has 0 aromatic heterocycles. The summed E-state index contributed by atoms with van der Waals surface area (Å²) < 4.78 is 5.17. The molecule has 2 N–H and O–H groups in total. The predicted octanol–water partition coefficient (Wildman–Crippen LogP) is 1.21. The summed E-state index contributed by atoms with van der Waals surface area (Å²) in [6.07, 6.45) is 3.12. The summed E-state index contributed by atoms with van der Waals surface area (Å²) in [5.74, 6) is 0. The number of nitrogens with one attached hydrogen (secondary N) is 1. The van der Waals surface area contributed by atoms with Gasteiger partial charge in [0, 0.05) is 13.2 Å². The van der Waals surface area contributed by atoms with Crippen LogP contribution in [0.4, 0.5) is 4.79 Å². The van der Waals surface area contributed by atoms with Crippen molar-refractivity contribution in [2.45, 2.75) is 37.8 Å². The first-order valence-electron chi connectivity index (χ1n) is 4.24. The van der Waals surface area contributed by atoms with E-state index in [4.69, 9.17) is 9.84 Å².